The van der Waals surface area contributed by atoms with Gasteiger partial charge in [0.05, 0.1) is 5.56 Å². The fourth-order valence-corrected chi connectivity index (χ4v) is 0.874. The molecule has 0 aliphatic carbocycles. The van der Waals surface area contributed by atoms with E-state index in [-0.39, 0.29) is 5.56 Å². The fraction of sp³-hybridized carbons (Fsp3) is 0.222. The van der Waals surface area contributed by atoms with Gasteiger partial charge in [0, 0.05) is 0 Å². The zero-order valence-corrected chi connectivity index (χ0v) is 8.01. The van der Waals surface area contributed by atoms with E-state index in [0.29, 0.717) is 0 Å². The molecular formula is C9H8F2O2S. The molecule has 14 heavy (non-hydrogen) atoms. The first-order valence-electron chi connectivity index (χ1n) is 3.81. The van der Waals surface area contributed by atoms with Crippen molar-refractivity contribution in [3.8, 4) is 0 Å². The van der Waals surface area contributed by atoms with Crippen LogP contribution in [0.4, 0.5) is 8.78 Å². The number of alkyl halides is 2. The van der Waals surface area contributed by atoms with Crippen molar-refractivity contribution in [2.45, 2.75) is 5.25 Å². The fourth-order valence-electron chi connectivity index (χ4n) is 0.810. The molecule has 0 unspecified atom stereocenters. The van der Waals surface area contributed by atoms with Gasteiger partial charge in [0.15, 0.2) is 6.61 Å². The lowest BCUT2D eigenvalue weighted by molar-refractivity contribution is 0.00105. The summed E-state index contributed by atoms with van der Waals surface area (Å²) in [5.74, 6) is -0.778. The van der Waals surface area contributed by atoms with Crippen molar-refractivity contribution in [3.63, 3.8) is 0 Å². The van der Waals surface area contributed by atoms with Crippen LogP contribution in [-0.4, -0.2) is 17.8 Å². The molecule has 0 saturated carbocycles. The molecule has 0 fully saturated rings. The molecule has 76 valence electrons. The van der Waals surface area contributed by atoms with Gasteiger partial charge in [-0.2, -0.15) is 8.78 Å². The van der Waals surface area contributed by atoms with E-state index in [0.717, 1.165) is 0 Å². The zero-order chi connectivity index (χ0) is 10.6. The van der Waals surface area contributed by atoms with Crippen molar-refractivity contribution in [2.75, 3.05) is 6.61 Å². The molecular weight excluding hydrogens is 210 g/mol. The average Bonchev–Trinajstić information content (AvgIpc) is 2.14. The van der Waals surface area contributed by atoms with E-state index in [1.807, 2.05) is 0 Å². The summed E-state index contributed by atoms with van der Waals surface area (Å²) in [4.78, 5) is 11.1. The number of carbonyl (C=O) groups is 1. The summed E-state index contributed by atoms with van der Waals surface area (Å²) in [6.07, 6.45) is 0. The third-order valence-electron chi connectivity index (χ3n) is 1.39. The number of rotatable bonds is 3. The molecule has 0 N–H and O–H groups in total. The minimum absolute atomic E-state index is 0.241. The zero-order valence-electron chi connectivity index (χ0n) is 7.11. The molecule has 1 aromatic carbocycles. The molecule has 0 amide bonds. The number of thiol groups is 1. The molecule has 0 aromatic heterocycles. The molecule has 0 spiro atoms. The molecule has 2 nitrogen and oxygen atoms in total. The van der Waals surface area contributed by atoms with Crippen LogP contribution in [0.3, 0.4) is 0 Å². The summed E-state index contributed by atoms with van der Waals surface area (Å²) in [6.45, 7) is -1.02. The number of halogens is 2. The smallest absolute Gasteiger partial charge is 0.338 e. The Kier molecular flexibility index (Phi) is 3.46. The molecule has 0 bridgehead atoms. The van der Waals surface area contributed by atoms with Gasteiger partial charge in [0.2, 0.25) is 0 Å². The number of hydrogen-bond donors (Lipinski definition) is 1. The van der Waals surface area contributed by atoms with Gasteiger partial charge in [-0.05, 0) is 12.1 Å². The molecule has 5 heteroatoms. The highest BCUT2D eigenvalue weighted by atomic mass is 32.1. The van der Waals surface area contributed by atoms with Gasteiger partial charge in [0.25, 0.3) is 0 Å². The van der Waals surface area contributed by atoms with Crippen molar-refractivity contribution in [3.05, 3.63) is 35.9 Å². The predicted octanol–water partition coefficient (Wildman–Crippen LogP) is 2.37. The highest BCUT2D eigenvalue weighted by Crippen LogP contribution is 2.18. The Morgan fingerprint density at radius 3 is 2.43 bits per heavy atom. The molecule has 0 saturated heterocycles. The Hall–Kier alpha value is -1.10. The monoisotopic (exact) mass is 218 g/mol. The quantitative estimate of drug-likeness (QED) is 0.622. The number of esters is 1. The van der Waals surface area contributed by atoms with E-state index < -0.39 is 17.8 Å². The van der Waals surface area contributed by atoms with Gasteiger partial charge in [0.1, 0.15) is 0 Å². The van der Waals surface area contributed by atoms with Gasteiger partial charge in [-0.25, -0.2) is 4.79 Å². The Morgan fingerprint density at radius 2 is 1.93 bits per heavy atom. The van der Waals surface area contributed by atoms with Crippen molar-refractivity contribution in [1.82, 2.24) is 0 Å². The Labute approximate surface area is 85.3 Å². The third-order valence-corrected chi connectivity index (χ3v) is 1.52. The summed E-state index contributed by atoms with van der Waals surface area (Å²) in [5, 5.41) is -3.29. The van der Waals surface area contributed by atoms with Gasteiger partial charge >= 0.3 is 11.2 Å². The van der Waals surface area contributed by atoms with Crippen LogP contribution in [0.1, 0.15) is 10.4 Å². The normalized spacial score (nSPS) is 11.1. The molecule has 0 radical (unpaired) electrons. The summed E-state index contributed by atoms with van der Waals surface area (Å²) in [5.41, 5.74) is 0.241. The van der Waals surface area contributed by atoms with Crippen LogP contribution >= 0.6 is 12.6 Å². The van der Waals surface area contributed by atoms with Crippen LogP contribution in [0.25, 0.3) is 0 Å². The third kappa shape index (κ3) is 3.74. The Balaban J connectivity index is 2.52. The average molecular weight is 218 g/mol. The molecule has 0 aliphatic heterocycles. The number of carbonyl (C=O) groups excluding carboxylic acids is 1. The van der Waals surface area contributed by atoms with Crippen LogP contribution in [0.2, 0.25) is 0 Å². The van der Waals surface area contributed by atoms with Crippen molar-refractivity contribution in [2.24, 2.45) is 0 Å². The lowest BCUT2D eigenvalue weighted by atomic mass is 10.2. The molecule has 0 aliphatic rings. The lowest BCUT2D eigenvalue weighted by Crippen LogP contribution is -2.19. The topological polar surface area (TPSA) is 26.3 Å². The molecule has 0 atom stereocenters. The predicted molar refractivity (Wildman–Crippen MR) is 50.7 cm³/mol. The standard InChI is InChI=1S/C9H8F2O2S/c10-9(11,14)6-13-8(12)7-4-2-1-3-5-7/h1-5,14H,6H2. The summed E-state index contributed by atoms with van der Waals surface area (Å²) >= 11 is 2.93. The van der Waals surface area contributed by atoms with Crippen LogP contribution in [0.15, 0.2) is 30.3 Å². The van der Waals surface area contributed by atoms with E-state index in [9.17, 15) is 13.6 Å². The second-order valence-corrected chi connectivity index (χ2v) is 3.26. The lowest BCUT2D eigenvalue weighted by Gasteiger charge is -2.09. The van der Waals surface area contributed by atoms with Crippen LogP contribution in [0, 0.1) is 0 Å². The van der Waals surface area contributed by atoms with Crippen molar-refractivity contribution in [1.29, 1.82) is 0 Å². The number of hydrogen-bond acceptors (Lipinski definition) is 3. The van der Waals surface area contributed by atoms with Crippen LogP contribution in [0.5, 0.6) is 0 Å². The first-order chi connectivity index (χ1) is 6.49. The van der Waals surface area contributed by atoms with Crippen LogP contribution < -0.4 is 0 Å². The molecule has 1 aromatic rings. The van der Waals surface area contributed by atoms with E-state index in [4.69, 9.17) is 0 Å². The van der Waals surface area contributed by atoms with E-state index in [2.05, 4.69) is 17.4 Å². The molecule has 1 rings (SSSR count). The maximum absolute atomic E-state index is 12.2. The first kappa shape index (κ1) is 11.0. The highest BCUT2D eigenvalue weighted by Gasteiger charge is 2.25. The highest BCUT2D eigenvalue weighted by molar-refractivity contribution is 7.81. The Bertz CT molecular complexity index is 308. The van der Waals surface area contributed by atoms with Crippen LogP contribution in [-0.2, 0) is 4.74 Å². The van der Waals surface area contributed by atoms with Gasteiger partial charge < -0.3 is 4.74 Å². The number of benzene rings is 1. The largest absolute Gasteiger partial charge is 0.455 e. The minimum Gasteiger partial charge on any atom is -0.455 e. The summed E-state index contributed by atoms with van der Waals surface area (Å²) in [6, 6.07) is 7.92. The maximum Gasteiger partial charge on any atom is 0.338 e. The first-order valence-corrected chi connectivity index (χ1v) is 4.26. The SMILES string of the molecule is O=C(OCC(F)(F)S)c1ccccc1. The second-order valence-electron chi connectivity index (χ2n) is 2.61. The number of ether oxygens (including phenoxy) is 1. The van der Waals surface area contributed by atoms with Gasteiger partial charge in [-0.15, -0.1) is 12.6 Å². The van der Waals surface area contributed by atoms with Gasteiger partial charge in [-0.1, -0.05) is 18.2 Å². The van der Waals surface area contributed by atoms with E-state index in [1.54, 1.807) is 18.2 Å². The van der Waals surface area contributed by atoms with E-state index >= 15 is 0 Å². The molecule has 0 heterocycles. The van der Waals surface area contributed by atoms with Crippen molar-refractivity contribution < 1.29 is 18.3 Å². The summed E-state index contributed by atoms with van der Waals surface area (Å²) < 4.78 is 28.7. The Morgan fingerprint density at radius 1 is 1.36 bits per heavy atom. The van der Waals surface area contributed by atoms with E-state index in [1.165, 1.54) is 12.1 Å². The minimum atomic E-state index is -3.29. The summed E-state index contributed by atoms with van der Waals surface area (Å²) in [7, 11) is 0. The second kappa shape index (κ2) is 4.41. The van der Waals surface area contributed by atoms with Crippen molar-refractivity contribution >= 4 is 18.6 Å². The maximum atomic E-state index is 12.2. The van der Waals surface area contributed by atoms with Gasteiger partial charge in [-0.3, -0.25) is 0 Å².